The van der Waals surface area contributed by atoms with E-state index in [0.29, 0.717) is 12.5 Å². The van der Waals surface area contributed by atoms with Gasteiger partial charge in [0.2, 0.25) is 11.8 Å². The van der Waals surface area contributed by atoms with Crippen molar-refractivity contribution in [1.82, 2.24) is 5.32 Å². The Balaban J connectivity index is 2.18. The molecule has 102 valence electrons. The van der Waals surface area contributed by atoms with Crippen LogP contribution >= 0.6 is 0 Å². The Morgan fingerprint density at radius 3 is 2.39 bits per heavy atom. The molecule has 0 aromatic heterocycles. The highest BCUT2D eigenvalue weighted by Crippen LogP contribution is 2.49. The van der Waals surface area contributed by atoms with Gasteiger partial charge >= 0.3 is 0 Å². The van der Waals surface area contributed by atoms with Crippen LogP contribution < -0.4 is 11.1 Å². The van der Waals surface area contributed by atoms with Crippen LogP contribution in [-0.2, 0) is 9.59 Å². The highest BCUT2D eigenvalue weighted by Gasteiger charge is 2.50. The molecular formula is C14H24N2O2. The first-order chi connectivity index (χ1) is 8.60. The summed E-state index contributed by atoms with van der Waals surface area (Å²) in [6.07, 6.45) is 6.85. The molecule has 0 heterocycles. The Morgan fingerprint density at radius 1 is 1.33 bits per heavy atom. The van der Waals surface area contributed by atoms with E-state index in [2.05, 4.69) is 5.32 Å². The van der Waals surface area contributed by atoms with E-state index >= 15 is 0 Å². The number of nitrogens with one attached hydrogen (secondary N) is 1. The lowest BCUT2D eigenvalue weighted by Crippen LogP contribution is -2.48. The summed E-state index contributed by atoms with van der Waals surface area (Å²) in [5.41, 5.74) is 5.08. The van der Waals surface area contributed by atoms with Gasteiger partial charge in [0.1, 0.15) is 0 Å². The van der Waals surface area contributed by atoms with Crippen LogP contribution in [0, 0.1) is 17.3 Å². The molecule has 0 aromatic carbocycles. The van der Waals surface area contributed by atoms with Crippen LogP contribution in [-0.4, -0.2) is 18.4 Å². The number of primary amides is 1. The topological polar surface area (TPSA) is 72.2 Å². The molecule has 1 atom stereocenters. The normalized spacial score (nSPS) is 23.6. The summed E-state index contributed by atoms with van der Waals surface area (Å²) < 4.78 is 0. The van der Waals surface area contributed by atoms with E-state index in [4.69, 9.17) is 5.73 Å². The second kappa shape index (κ2) is 5.29. The minimum atomic E-state index is -0.568. The minimum absolute atomic E-state index is 0.0325. The van der Waals surface area contributed by atoms with E-state index in [1.54, 1.807) is 0 Å². The lowest BCUT2D eigenvalue weighted by atomic mass is 9.70. The first kappa shape index (κ1) is 13.4. The van der Waals surface area contributed by atoms with Crippen molar-refractivity contribution in [3.8, 4) is 0 Å². The lowest BCUT2D eigenvalue weighted by Gasteiger charge is -2.33. The number of amides is 2. The van der Waals surface area contributed by atoms with Gasteiger partial charge in [-0.2, -0.15) is 0 Å². The quantitative estimate of drug-likeness (QED) is 0.753. The minimum Gasteiger partial charge on any atom is -0.369 e. The Morgan fingerprint density at radius 2 is 1.94 bits per heavy atom. The summed E-state index contributed by atoms with van der Waals surface area (Å²) in [6, 6.07) is 0. The maximum atomic E-state index is 12.3. The Bertz CT molecular complexity index is 331. The van der Waals surface area contributed by atoms with Crippen LogP contribution in [0.25, 0.3) is 0 Å². The first-order valence-corrected chi connectivity index (χ1v) is 7.18. The molecule has 2 saturated carbocycles. The van der Waals surface area contributed by atoms with Gasteiger partial charge in [0.15, 0.2) is 0 Å². The zero-order valence-corrected chi connectivity index (χ0v) is 11.2. The number of hydrogen-bond acceptors (Lipinski definition) is 2. The number of nitrogens with two attached hydrogens (primary N) is 1. The number of hydrogen-bond donors (Lipinski definition) is 2. The Kier molecular flexibility index (Phi) is 3.93. The molecule has 2 aliphatic carbocycles. The predicted molar refractivity (Wildman–Crippen MR) is 69.6 cm³/mol. The Labute approximate surface area is 109 Å². The number of carbonyl (C=O) groups excluding carboxylic acids is 2. The molecule has 18 heavy (non-hydrogen) atoms. The molecule has 0 radical (unpaired) electrons. The summed E-state index contributed by atoms with van der Waals surface area (Å²) in [5.74, 6) is 0.196. The molecule has 0 aliphatic heterocycles. The van der Waals surface area contributed by atoms with Gasteiger partial charge in [-0.05, 0) is 32.1 Å². The third-order valence-corrected chi connectivity index (χ3v) is 4.59. The maximum Gasteiger partial charge on any atom is 0.224 e. The molecule has 0 spiro atoms. The average molecular weight is 252 g/mol. The van der Waals surface area contributed by atoms with Gasteiger partial charge in [-0.3, -0.25) is 9.59 Å². The van der Waals surface area contributed by atoms with Crippen molar-refractivity contribution in [3.05, 3.63) is 0 Å². The van der Waals surface area contributed by atoms with Crippen molar-refractivity contribution in [2.75, 3.05) is 6.54 Å². The second-order valence-electron chi connectivity index (χ2n) is 5.85. The van der Waals surface area contributed by atoms with Crippen molar-refractivity contribution in [2.24, 2.45) is 23.0 Å². The first-order valence-electron chi connectivity index (χ1n) is 7.18. The molecule has 2 aliphatic rings. The van der Waals surface area contributed by atoms with Crippen molar-refractivity contribution < 1.29 is 9.59 Å². The molecule has 2 fully saturated rings. The fourth-order valence-electron chi connectivity index (χ4n) is 3.34. The van der Waals surface area contributed by atoms with Crippen LogP contribution in [0.2, 0.25) is 0 Å². The standard InChI is InChI=1S/C14H24N2O2/c1-2-16-12(17)11(9-10-5-6-10)14(13(15)18)7-3-4-8-14/h10-11H,2-9H2,1H3,(H2,15,18)(H,16,17). The summed E-state index contributed by atoms with van der Waals surface area (Å²) in [7, 11) is 0. The summed E-state index contributed by atoms with van der Waals surface area (Å²) >= 11 is 0. The smallest absolute Gasteiger partial charge is 0.224 e. The molecule has 1 unspecified atom stereocenters. The molecule has 0 bridgehead atoms. The van der Waals surface area contributed by atoms with Gasteiger partial charge in [-0.25, -0.2) is 0 Å². The highest BCUT2D eigenvalue weighted by molar-refractivity contribution is 5.90. The number of rotatable bonds is 6. The molecule has 4 nitrogen and oxygen atoms in total. The maximum absolute atomic E-state index is 12.3. The molecule has 2 amide bonds. The lowest BCUT2D eigenvalue weighted by molar-refractivity contribution is -0.140. The second-order valence-corrected chi connectivity index (χ2v) is 5.85. The van der Waals surface area contributed by atoms with E-state index < -0.39 is 5.41 Å². The zero-order valence-electron chi connectivity index (χ0n) is 11.2. The van der Waals surface area contributed by atoms with Crippen molar-refractivity contribution >= 4 is 11.8 Å². The third kappa shape index (κ3) is 2.52. The van der Waals surface area contributed by atoms with Gasteiger partial charge in [0, 0.05) is 6.54 Å². The largest absolute Gasteiger partial charge is 0.369 e. The SMILES string of the molecule is CCNC(=O)C(CC1CC1)C1(C(N)=O)CCCC1. The zero-order chi connectivity index (χ0) is 13.2. The molecular weight excluding hydrogens is 228 g/mol. The van der Waals surface area contributed by atoms with Crippen molar-refractivity contribution in [2.45, 2.75) is 51.9 Å². The van der Waals surface area contributed by atoms with Gasteiger partial charge in [-0.1, -0.05) is 25.7 Å². The fourth-order valence-corrected chi connectivity index (χ4v) is 3.34. The summed E-state index contributed by atoms with van der Waals surface area (Å²) in [6.45, 7) is 2.53. The summed E-state index contributed by atoms with van der Waals surface area (Å²) in [4.78, 5) is 24.2. The summed E-state index contributed by atoms with van der Waals surface area (Å²) in [5, 5.41) is 2.89. The third-order valence-electron chi connectivity index (χ3n) is 4.59. The van der Waals surface area contributed by atoms with Crippen LogP contribution in [0.1, 0.15) is 51.9 Å². The van der Waals surface area contributed by atoms with Crippen LogP contribution in [0.4, 0.5) is 0 Å². The molecule has 0 saturated heterocycles. The van der Waals surface area contributed by atoms with Gasteiger partial charge in [-0.15, -0.1) is 0 Å². The monoisotopic (exact) mass is 252 g/mol. The van der Waals surface area contributed by atoms with Gasteiger partial charge in [0.05, 0.1) is 11.3 Å². The molecule has 2 rings (SSSR count). The number of carbonyl (C=O) groups is 2. The molecule has 3 N–H and O–H groups in total. The van der Waals surface area contributed by atoms with E-state index in [1.165, 1.54) is 12.8 Å². The molecule has 4 heteroatoms. The van der Waals surface area contributed by atoms with Crippen LogP contribution in [0.15, 0.2) is 0 Å². The molecule has 0 aromatic rings. The van der Waals surface area contributed by atoms with Gasteiger partial charge < -0.3 is 11.1 Å². The van der Waals surface area contributed by atoms with Crippen molar-refractivity contribution in [1.29, 1.82) is 0 Å². The van der Waals surface area contributed by atoms with E-state index in [-0.39, 0.29) is 17.7 Å². The van der Waals surface area contributed by atoms with Crippen molar-refractivity contribution in [3.63, 3.8) is 0 Å². The predicted octanol–water partition coefficient (Wildman–Crippen LogP) is 1.58. The van der Waals surface area contributed by atoms with E-state index in [9.17, 15) is 9.59 Å². The van der Waals surface area contributed by atoms with E-state index in [1.807, 2.05) is 6.92 Å². The van der Waals surface area contributed by atoms with Crippen LogP contribution in [0.3, 0.4) is 0 Å². The average Bonchev–Trinajstić information content (AvgIpc) is 3.01. The van der Waals surface area contributed by atoms with Gasteiger partial charge in [0.25, 0.3) is 0 Å². The van der Waals surface area contributed by atoms with E-state index in [0.717, 1.165) is 32.1 Å². The van der Waals surface area contributed by atoms with Crippen LogP contribution in [0.5, 0.6) is 0 Å². The Hall–Kier alpha value is -1.06. The highest BCUT2D eigenvalue weighted by atomic mass is 16.2. The fraction of sp³-hybridized carbons (Fsp3) is 0.857.